The molecule has 2 atom stereocenters. The maximum atomic E-state index is 11.9. The smallest absolute Gasteiger partial charge is 0.223 e. The fraction of sp³-hybridized carbons (Fsp3) is 0.917. The third kappa shape index (κ3) is 3.00. The molecule has 0 N–H and O–H groups in total. The SMILES string of the molecule is CCC(C)CC(=O)N1CCCC[C@H]1C. The number of amides is 1. The van der Waals surface area contributed by atoms with Crippen LogP contribution in [0.15, 0.2) is 0 Å². The van der Waals surface area contributed by atoms with E-state index >= 15 is 0 Å². The summed E-state index contributed by atoms with van der Waals surface area (Å²) < 4.78 is 0. The van der Waals surface area contributed by atoms with Gasteiger partial charge in [-0.3, -0.25) is 4.79 Å². The Balaban J connectivity index is 2.42. The van der Waals surface area contributed by atoms with Crippen molar-refractivity contribution in [2.75, 3.05) is 6.54 Å². The molecule has 14 heavy (non-hydrogen) atoms. The van der Waals surface area contributed by atoms with Crippen molar-refractivity contribution < 1.29 is 4.79 Å². The third-order valence-electron chi connectivity index (χ3n) is 3.34. The molecule has 1 rings (SSSR count). The van der Waals surface area contributed by atoms with Gasteiger partial charge in [0.25, 0.3) is 0 Å². The van der Waals surface area contributed by atoms with E-state index in [-0.39, 0.29) is 0 Å². The van der Waals surface area contributed by atoms with Crippen LogP contribution in [0, 0.1) is 5.92 Å². The number of nitrogens with zero attached hydrogens (tertiary/aromatic N) is 1. The van der Waals surface area contributed by atoms with Crippen LogP contribution < -0.4 is 0 Å². The summed E-state index contributed by atoms with van der Waals surface area (Å²) in [6, 6.07) is 0.473. The lowest BCUT2D eigenvalue weighted by Crippen LogP contribution is -2.42. The predicted molar refractivity (Wildman–Crippen MR) is 59.1 cm³/mol. The van der Waals surface area contributed by atoms with Gasteiger partial charge in [-0.25, -0.2) is 0 Å². The van der Waals surface area contributed by atoms with Crippen LogP contribution in [0.2, 0.25) is 0 Å². The normalized spacial score (nSPS) is 24.8. The molecule has 1 fully saturated rings. The quantitative estimate of drug-likeness (QED) is 0.681. The molecule has 1 saturated heterocycles. The Morgan fingerprint density at radius 2 is 2.21 bits per heavy atom. The lowest BCUT2D eigenvalue weighted by atomic mass is 10.00. The average Bonchev–Trinajstić information content (AvgIpc) is 2.18. The van der Waals surface area contributed by atoms with Gasteiger partial charge in [-0.1, -0.05) is 20.3 Å². The fourth-order valence-electron chi connectivity index (χ4n) is 2.03. The molecule has 0 radical (unpaired) electrons. The molecule has 0 aliphatic carbocycles. The molecule has 2 heteroatoms. The third-order valence-corrected chi connectivity index (χ3v) is 3.34. The van der Waals surface area contributed by atoms with Crippen LogP contribution in [-0.4, -0.2) is 23.4 Å². The lowest BCUT2D eigenvalue weighted by Gasteiger charge is -2.34. The Bertz CT molecular complexity index is 191. The Kier molecular flexibility index (Phi) is 4.43. The van der Waals surface area contributed by atoms with Crippen molar-refractivity contribution >= 4 is 5.91 Å². The van der Waals surface area contributed by atoms with E-state index in [0.717, 1.165) is 19.4 Å². The Labute approximate surface area is 87.7 Å². The molecule has 82 valence electrons. The minimum Gasteiger partial charge on any atom is -0.340 e. The summed E-state index contributed by atoms with van der Waals surface area (Å²) in [5, 5.41) is 0. The number of carbonyl (C=O) groups is 1. The summed E-state index contributed by atoms with van der Waals surface area (Å²) in [4.78, 5) is 14.0. The molecule has 0 aromatic rings. The summed E-state index contributed by atoms with van der Waals surface area (Å²) in [6.45, 7) is 7.47. The maximum Gasteiger partial charge on any atom is 0.223 e. The van der Waals surface area contributed by atoms with Crippen LogP contribution in [0.1, 0.15) is 52.9 Å². The maximum absolute atomic E-state index is 11.9. The standard InChI is InChI=1S/C12H23NO/c1-4-10(2)9-12(14)13-8-6-5-7-11(13)3/h10-11H,4-9H2,1-3H3/t10?,11-/m1/s1. The zero-order valence-electron chi connectivity index (χ0n) is 9.75. The van der Waals surface area contributed by atoms with Gasteiger partial charge in [0, 0.05) is 19.0 Å². The molecule has 1 unspecified atom stereocenters. The van der Waals surface area contributed by atoms with Gasteiger partial charge < -0.3 is 4.90 Å². The van der Waals surface area contributed by atoms with E-state index < -0.39 is 0 Å². The number of hydrogen-bond acceptors (Lipinski definition) is 1. The van der Waals surface area contributed by atoms with E-state index in [9.17, 15) is 4.79 Å². The van der Waals surface area contributed by atoms with Gasteiger partial charge >= 0.3 is 0 Å². The average molecular weight is 197 g/mol. The summed E-state index contributed by atoms with van der Waals surface area (Å²) in [5.41, 5.74) is 0. The minimum atomic E-state index is 0.367. The molecular formula is C12H23NO. The fourth-order valence-corrected chi connectivity index (χ4v) is 2.03. The first-order chi connectivity index (χ1) is 6.65. The molecule has 0 spiro atoms. The van der Waals surface area contributed by atoms with Gasteiger partial charge in [0.2, 0.25) is 5.91 Å². The van der Waals surface area contributed by atoms with E-state index in [0.29, 0.717) is 17.9 Å². The molecule has 0 aromatic carbocycles. The number of carbonyl (C=O) groups excluding carboxylic acids is 1. The lowest BCUT2D eigenvalue weighted by molar-refractivity contribution is -0.135. The number of likely N-dealkylation sites (tertiary alicyclic amines) is 1. The van der Waals surface area contributed by atoms with E-state index in [1.165, 1.54) is 19.3 Å². The van der Waals surface area contributed by atoms with Crippen molar-refractivity contribution in [2.24, 2.45) is 5.92 Å². The topological polar surface area (TPSA) is 20.3 Å². The molecular weight excluding hydrogens is 174 g/mol. The van der Waals surface area contributed by atoms with Crippen LogP contribution in [0.4, 0.5) is 0 Å². The van der Waals surface area contributed by atoms with Crippen molar-refractivity contribution in [1.82, 2.24) is 4.90 Å². The van der Waals surface area contributed by atoms with Crippen LogP contribution in [0.25, 0.3) is 0 Å². The van der Waals surface area contributed by atoms with Crippen molar-refractivity contribution in [1.29, 1.82) is 0 Å². The zero-order chi connectivity index (χ0) is 10.6. The molecule has 0 aromatic heterocycles. The van der Waals surface area contributed by atoms with Gasteiger partial charge in [-0.2, -0.15) is 0 Å². The Morgan fingerprint density at radius 1 is 1.50 bits per heavy atom. The summed E-state index contributed by atoms with van der Waals surface area (Å²) in [7, 11) is 0. The molecule has 1 aliphatic rings. The highest BCUT2D eigenvalue weighted by Gasteiger charge is 2.23. The number of hydrogen-bond donors (Lipinski definition) is 0. The van der Waals surface area contributed by atoms with Crippen LogP contribution in [0.5, 0.6) is 0 Å². The monoisotopic (exact) mass is 197 g/mol. The highest BCUT2D eigenvalue weighted by molar-refractivity contribution is 5.76. The van der Waals surface area contributed by atoms with Gasteiger partial charge in [-0.05, 0) is 32.1 Å². The molecule has 1 amide bonds. The van der Waals surface area contributed by atoms with Crippen molar-refractivity contribution in [3.8, 4) is 0 Å². The van der Waals surface area contributed by atoms with Gasteiger partial charge in [-0.15, -0.1) is 0 Å². The molecule has 0 bridgehead atoms. The first kappa shape index (κ1) is 11.5. The predicted octanol–water partition coefficient (Wildman–Crippen LogP) is 2.82. The zero-order valence-corrected chi connectivity index (χ0v) is 9.75. The van der Waals surface area contributed by atoms with E-state index in [4.69, 9.17) is 0 Å². The molecule has 1 aliphatic heterocycles. The van der Waals surface area contributed by atoms with Crippen molar-refractivity contribution in [3.63, 3.8) is 0 Å². The largest absolute Gasteiger partial charge is 0.340 e. The minimum absolute atomic E-state index is 0.367. The van der Waals surface area contributed by atoms with Gasteiger partial charge in [0.1, 0.15) is 0 Å². The van der Waals surface area contributed by atoms with E-state index in [2.05, 4.69) is 25.7 Å². The molecule has 0 saturated carbocycles. The second-order valence-corrected chi connectivity index (χ2v) is 4.65. The van der Waals surface area contributed by atoms with Gasteiger partial charge in [0.05, 0.1) is 0 Å². The molecule has 2 nitrogen and oxygen atoms in total. The van der Waals surface area contributed by atoms with E-state index in [1.54, 1.807) is 0 Å². The summed E-state index contributed by atoms with van der Waals surface area (Å²) in [6.07, 6.45) is 5.51. The number of rotatable bonds is 3. The first-order valence-corrected chi connectivity index (χ1v) is 5.94. The van der Waals surface area contributed by atoms with E-state index in [1.807, 2.05) is 0 Å². The summed E-state index contributed by atoms with van der Waals surface area (Å²) in [5.74, 6) is 0.906. The first-order valence-electron chi connectivity index (χ1n) is 5.94. The van der Waals surface area contributed by atoms with Crippen LogP contribution >= 0.6 is 0 Å². The van der Waals surface area contributed by atoms with Crippen LogP contribution in [0.3, 0.4) is 0 Å². The van der Waals surface area contributed by atoms with Gasteiger partial charge in [0.15, 0.2) is 0 Å². The second-order valence-electron chi connectivity index (χ2n) is 4.65. The van der Waals surface area contributed by atoms with Crippen molar-refractivity contribution in [2.45, 2.75) is 58.9 Å². The van der Waals surface area contributed by atoms with Crippen molar-refractivity contribution in [3.05, 3.63) is 0 Å². The Hall–Kier alpha value is -0.530. The highest BCUT2D eigenvalue weighted by atomic mass is 16.2. The summed E-state index contributed by atoms with van der Waals surface area (Å²) >= 11 is 0. The molecule has 1 heterocycles. The highest BCUT2D eigenvalue weighted by Crippen LogP contribution is 2.19. The second kappa shape index (κ2) is 5.38. The Morgan fingerprint density at radius 3 is 2.79 bits per heavy atom. The number of piperidine rings is 1. The van der Waals surface area contributed by atoms with Crippen LogP contribution in [-0.2, 0) is 4.79 Å².